The maximum absolute atomic E-state index is 12.9. The average Bonchev–Trinajstić information content (AvgIpc) is 3.26. The molecule has 2 fully saturated rings. The number of hydrogen-bond donors (Lipinski definition) is 2. The van der Waals surface area contributed by atoms with Crippen LogP contribution in [0.3, 0.4) is 0 Å². The average molecular weight is 399 g/mol. The van der Waals surface area contributed by atoms with E-state index in [0.717, 1.165) is 17.9 Å². The molecule has 3 atom stereocenters. The highest BCUT2D eigenvalue weighted by Gasteiger charge is 2.40. The normalized spacial score (nSPS) is 23.6. The smallest absolute Gasteiger partial charge is 0.262 e. The van der Waals surface area contributed by atoms with E-state index in [-0.39, 0.29) is 16.8 Å². The van der Waals surface area contributed by atoms with Crippen LogP contribution in [0, 0.1) is 25.7 Å². The van der Waals surface area contributed by atoms with E-state index in [0.29, 0.717) is 22.7 Å². The zero-order valence-electron chi connectivity index (χ0n) is 16.2. The lowest BCUT2D eigenvalue weighted by atomic mass is 9.95. The maximum atomic E-state index is 12.9. The van der Waals surface area contributed by atoms with Crippen molar-refractivity contribution in [1.29, 1.82) is 0 Å². The van der Waals surface area contributed by atoms with Crippen LogP contribution < -0.4 is 10.0 Å². The molecule has 28 heavy (non-hydrogen) atoms. The van der Waals surface area contributed by atoms with Crippen molar-refractivity contribution in [3.05, 3.63) is 59.2 Å². The van der Waals surface area contributed by atoms with Crippen LogP contribution in [-0.4, -0.2) is 20.4 Å². The molecular formula is C22H26N2O3S. The molecule has 2 aromatic rings. The Morgan fingerprint density at radius 3 is 2.39 bits per heavy atom. The maximum Gasteiger partial charge on any atom is 0.262 e. The van der Waals surface area contributed by atoms with E-state index in [2.05, 4.69) is 10.0 Å². The number of nitrogens with one attached hydrogen (secondary N) is 2. The van der Waals surface area contributed by atoms with Gasteiger partial charge in [-0.2, -0.15) is 0 Å². The van der Waals surface area contributed by atoms with Gasteiger partial charge in [0.1, 0.15) is 0 Å². The molecule has 0 aromatic heterocycles. The van der Waals surface area contributed by atoms with Gasteiger partial charge in [-0.1, -0.05) is 30.2 Å². The second-order valence-electron chi connectivity index (χ2n) is 8.21. The van der Waals surface area contributed by atoms with Crippen molar-refractivity contribution in [2.45, 2.75) is 50.5 Å². The number of carbonyl (C=O) groups is 1. The lowest BCUT2D eigenvalue weighted by Crippen LogP contribution is -2.38. The van der Waals surface area contributed by atoms with E-state index in [4.69, 9.17) is 0 Å². The Labute approximate surface area is 166 Å². The molecule has 0 heterocycles. The van der Waals surface area contributed by atoms with Gasteiger partial charge in [0.15, 0.2) is 0 Å². The van der Waals surface area contributed by atoms with Gasteiger partial charge < -0.3 is 5.32 Å². The van der Waals surface area contributed by atoms with Gasteiger partial charge in [0.25, 0.3) is 15.9 Å². The molecule has 2 aliphatic rings. The predicted molar refractivity (Wildman–Crippen MR) is 110 cm³/mol. The largest absolute Gasteiger partial charge is 0.349 e. The molecule has 2 aliphatic carbocycles. The zero-order chi connectivity index (χ0) is 19.9. The SMILES string of the molecule is Cc1ccc(NS(=O)(=O)c2cc(C(=O)N[C@@H]3C[C@H]4CC[C@H]3C4)ccc2C)cc1. The summed E-state index contributed by atoms with van der Waals surface area (Å²) < 4.78 is 28.4. The van der Waals surface area contributed by atoms with Gasteiger partial charge in [0.05, 0.1) is 4.90 Å². The number of rotatable bonds is 5. The summed E-state index contributed by atoms with van der Waals surface area (Å²) in [4.78, 5) is 12.9. The summed E-state index contributed by atoms with van der Waals surface area (Å²) in [5, 5.41) is 3.13. The van der Waals surface area contributed by atoms with Crippen LogP contribution in [0.15, 0.2) is 47.4 Å². The third kappa shape index (κ3) is 3.78. The molecule has 0 spiro atoms. The van der Waals surface area contributed by atoms with Gasteiger partial charge >= 0.3 is 0 Å². The van der Waals surface area contributed by atoms with Crippen LogP contribution >= 0.6 is 0 Å². The lowest BCUT2D eigenvalue weighted by molar-refractivity contribution is 0.0922. The molecule has 6 heteroatoms. The number of aryl methyl sites for hydroxylation is 2. The molecule has 0 aliphatic heterocycles. The standard InChI is InChI=1S/C22H26N2O3S/c1-14-3-9-19(10-4-14)24-28(26,27)21-13-18(7-5-15(21)2)22(25)23-20-12-16-6-8-17(20)11-16/h3-5,7,9-10,13,16-17,20,24H,6,8,11-12H2,1-2H3,(H,23,25)/t16-,17-,20+/m0/s1. The van der Waals surface area contributed by atoms with E-state index in [1.165, 1.54) is 25.3 Å². The minimum Gasteiger partial charge on any atom is -0.349 e. The van der Waals surface area contributed by atoms with Crippen LogP contribution in [-0.2, 0) is 10.0 Å². The molecule has 2 aromatic carbocycles. The number of amides is 1. The van der Waals surface area contributed by atoms with Crippen LogP contribution in [0.2, 0.25) is 0 Å². The van der Waals surface area contributed by atoms with Gasteiger partial charge in [-0.25, -0.2) is 8.42 Å². The Balaban J connectivity index is 1.54. The Bertz CT molecular complexity index is 999. The Kier molecular flexibility index (Phi) is 4.91. The molecule has 2 N–H and O–H groups in total. The summed E-state index contributed by atoms with van der Waals surface area (Å²) in [7, 11) is -3.78. The lowest BCUT2D eigenvalue weighted by Gasteiger charge is -2.23. The third-order valence-electron chi connectivity index (χ3n) is 6.10. The first-order valence-electron chi connectivity index (χ1n) is 9.83. The summed E-state index contributed by atoms with van der Waals surface area (Å²) in [5.74, 6) is 1.12. The van der Waals surface area contributed by atoms with Crippen molar-refractivity contribution in [3.63, 3.8) is 0 Å². The molecule has 5 nitrogen and oxygen atoms in total. The number of carbonyl (C=O) groups excluding carboxylic acids is 1. The van der Waals surface area contributed by atoms with Crippen LogP contribution in [0.5, 0.6) is 0 Å². The molecule has 2 saturated carbocycles. The minimum absolute atomic E-state index is 0.133. The van der Waals surface area contributed by atoms with Crippen LogP contribution in [0.4, 0.5) is 5.69 Å². The van der Waals surface area contributed by atoms with E-state index in [1.54, 1.807) is 31.2 Å². The summed E-state index contributed by atoms with van der Waals surface area (Å²) in [6.07, 6.45) is 4.71. The second kappa shape index (κ2) is 7.24. The Morgan fingerprint density at radius 2 is 1.75 bits per heavy atom. The molecule has 0 saturated heterocycles. The van der Waals surface area contributed by atoms with Crippen molar-refractivity contribution in [3.8, 4) is 0 Å². The minimum atomic E-state index is -3.78. The van der Waals surface area contributed by atoms with E-state index in [9.17, 15) is 13.2 Å². The fourth-order valence-corrected chi connectivity index (χ4v) is 5.87. The summed E-state index contributed by atoms with van der Waals surface area (Å²) >= 11 is 0. The highest BCUT2D eigenvalue weighted by Crippen LogP contribution is 2.44. The fraction of sp³-hybridized carbons (Fsp3) is 0.409. The summed E-state index contributed by atoms with van der Waals surface area (Å²) in [5.41, 5.74) is 2.55. The highest BCUT2D eigenvalue weighted by molar-refractivity contribution is 7.92. The van der Waals surface area contributed by atoms with Crippen LogP contribution in [0.1, 0.15) is 47.2 Å². The van der Waals surface area contributed by atoms with E-state index < -0.39 is 10.0 Å². The molecule has 2 bridgehead atoms. The first-order chi connectivity index (χ1) is 13.3. The quantitative estimate of drug-likeness (QED) is 0.799. The molecule has 0 unspecified atom stereocenters. The Hall–Kier alpha value is -2.34. The van der Waals surface area contributed by atoms with E-state index >= 15 is 0 Å². The molecule has 148 valence electrons. The number of sulfonamides is 1. The number of hydrogen-bond acceptors (Lipinski definition) is 3. The van der Waals surface area contributed by atoms with Gasteiger partial charge in [-0.3, -0.25) is 9.52 Å². The number of benzene rings is 2. The summed E-state index contributed by atoms with van der Waals surface area (Å²) in [6.45, 7) is 3.68. The molecule has 0 radical (unpaired) electrons. The first-order valence-corrected chi connectivity index (χ1v) is 11.3. The van der Waals surface area contributed by atoms with Crippen molar-refractivity contribution < 1.29 is 13.2 Å². The van der Waals surface area contributed by atoms with Gasteiger partial charge in [-0.15, -0.1) is 0 Å². The highest BCUT2D eigenvalue weighted by atomic mass is 32.2. The van der Waals surface area contributed by atoms with Gasteiger partial charge in [0.2, 0.25) is 0 Å². The van der Waals surface area contributed by atoms with E-state index in [1.807, 2.05) is 19.1 Å². The molecule has 1 amide bonds. The topological polar surface area (TPSA) is 75.3 Å². The van der Waals surface area contributed by atoms with Crippen molar-refractivity contribution >= 4 is 21.6 Å². The predicted octanol–water partition coefficient (Wildman–Crippen LogP) is 4.02. The zero-order valence-corrected chi connectivity index (χ0v) is 17.1. The van der Waals surface area contributed by atoms with Crippen molar-refractivity contribution in [2.24, 2.45) is 11.8 Å². The number of fused-ring (bicyclic) bond motifs is 2. The molecular weight excluding hydrogens is 372 g/mol. The fourth-order valence-electron chi connectivity index (χ4n) is 4.54. The monoisotopic (exact) mass is 398 g/mol. The third-order valence-corrected chi connectivity index (χ3v) is 7.62. The first kappa shape index (κ1) is 19.0. The second-order valence-corrected chi connectivity index (χ2v) is 9.86. The Morgan fingerprint density at radius 1 is 1.00 bits per heavy atom. The summed E-state index contributed by atoms with van der Waals surface area (Å²) in [6, 6.07) is 12.3. The van der Waals surface area contributed by atoms with Crippen molar-refractivity contribution in [2.75, 3.05) is 4.72 Å². The van der Waals surface area contributed by atoms with Gasteiger partial charge in [-0.05, 0) is 74.8 Å². The number of anilines is 1. The molecule has 4 rings (SSSR count). The van der Waals surface area contributed by atoms with Gasteiger partial charge in [0, 0.05) is 17.3 Å². The van der Waals surface area contributed by atoms with Crippen LogP contribution in [0.25, 0.3) is 0 Å². The van der Waals surface area contributed by atoms with Crippen molar-refractivity contribution in [1.82, 2.24) is 5.32 Å².